The van der Waals surface area contributed by atoms with Gasteiger partial charge in [0.1, 0.15) is 6.10 Å². The lowest BCUT2D eigenvalue weighted by atomic mass is 10.1. The Bertz CT molecular complexity index is 435. The number of alkyl halides is 3. The van der Waals surface area contributed by atoms with Crippen LogP contribution in [0.1, 0.15) is 23.9 Å². The van der Waals surface area contributed by atoms with Crippen LogP contribution in [0.5, 0.6) is 0 Å². The summed E-state index contributed by atoms with van der Waals surface area (Å²) in [6.07, 6.45) is -6.82. The molecule has 1 heterocycles. The Balaban J connectivity index is 2.77. The van der Waals surface area contributed by atoms with Crippen molar-refractivity contribution >= 4 is 5.97 Å². The molecule has 6 nitrogen and oxygen atoms in total. The minimum Gasteiger partial charge on any atom is -0.469 e. The average Bonchev–Trinajstić information content (AvgIpc) is 2.36. The Morgan fingerprint density at radius 3 is 2.32 bits per heavy atom. The second-order valence-corrected chi connectivity index (χ2v) is 3.63. The molecule has 9 heteroatoms. The molecular weight excluding hydrogens is 269 g/mol. The molecule has 0 spiro atoms. The van der Waals surface area contributed by atoms with Crippen molar-refractivity contribution < 1.29 is 32.9 Å². The molecule has 2 atom stereocenters. The molecule has 0 saturated heterocycles. The maximum absolute atomic E-state index is 12.2. The van der Waals surface area contributed by atoms with Crippen molar-refractivity contribution in [2.45, 2.75) is 24.8 Å². The van der Waals surface area contributed by atoms with E-state index in [0.29, 0.717) is 0 Å². The van der Waals surface area contributed by atoms with Gasteiger partial charge < -0.3 is 14.9 Å². The summed E-state index contributed by atoms with van der Waals surface area (Å²) in [7, 11) is 1.10. The van der Waals surface area contributed by atoms with Crippen LogP contribution in [0.25, 0.3) is 0 Å². The lowest BCUT2D eigenvalue weighted by molar-refractivity contribution is -0.145. The fourth-order valence-electron chi connectivity index (χ4n) is 1.23. The zero-order valence-electron chi connectivity index (χ0n) is 9.76. The number of hydrogen-bond acceptors (Lipinski definition) is 6. The molecular formula is C10H11F3N2O4. The van der Waals surface area contributed by atoms with Gasteiger partial charge in [-0.15, -0.1) is 0 Å². The molecule has 0 radical (unpaired) electrons. The third-order valence-electron chi connectivity index (χ3n) is 2.23. The molecule has 0 bridgehead atoms. The van der Waals surface area contributed by atoms with Crippen LogP contribution in [0.2, 0.25) is 0 Å². The topological polar surface area (TPSA) is 92.5 Å². The molecule has 0 saturated carbocycles. The van der Waals surface area contributed by atoms with Gasteiger partial charge in [0.15, 0.2) is 0 Å². The van der Waals surface area contributed by atoms with Crippen LogP contribution in [0.3, 0.4) is 0 Å². The molecule has 0 aromatic carbocycles. The number of esters is 1. The average molecular weight is 280 g/mol. The van der Waals surface area contributed by atoms with E-state index >= 15 is 0 Å². The summed E-state index contributed by atoms with van der Waals surface area (Å²) in [4.78, 5) is 16.9. The summed E-state index contributed by atoms with van der Waals surface area (Å²) in [5.74, 6) is -2.12. The standard InChI is InChI=1S/C10H11F3N2O4/c1-19-7(17)2-6(16)8(18)5-3-14-9(15-4-5)10(11,12)13/h3-4,6,8,16,18H,2H2,1H3. The van der Waals surface area contributed by atoms with Gasteiger partial charge in [0.05, 0.1) is 19.6 Å². The van der Waals surface area contributed by atoms with Crippen molar-refractivity contribution in [2.24, 2.45) is 0 Å². The molecule has 1 aromatic heterocycles. The second-order valence-electron chi connectivity index (χ2n) is 3.63. The quantitative estimate of drug-likeness (QED) is 0.778. The number of carbonyl (C=O) groups is 1. The first-order valence-corrected chi connectivity index (χ1v) is 5.07. The lowest BCUT2D eigenvalue weighted by Gasteiger charge is -2.16. The predicted octanol–water partition coefficient (Wildman–Crippen LogP) is 0.453. The third-order valence-corrected chi connectivity index (χ3v) is 2.23. The van der Waals surface area contributed by atoms with Gasteiger partial charge in [-0.05, 0) is 0 Å². The largest absolute Gasteiger partial charge is 0.469 e. The maximum Gasteiger partial charge on any atom is 0.451 e. The maximum atomic E-state index is 12.2. The summed E-state index contributed by atoms with van der Waals surface area (Å²) in [5.41, 5.74) is -0.135. The lowest BCUT2D eigenvalue weighted by Crippen LogP contribution is -2.23. The highest BCUT2D eigenvalue weighted by atomic mass is 19.4. The van der Waals surface area contributed by atoms with Crippen LogP contribution in [0, 0.1) is 0 Å². The minimum atomic E-state index is -4.69. The smallest absolute Gasteiger partial charge is 0.451 e. The number of halogens is 3. The van der Waals surface area contributed by atoms with Gasteiger partial charge in [-0.2, -0.15) is 13.2 Å². The van der Waals surface area contributed by atoms with Gasteiger partial charge in [0, 0.05) is 18.0 Å². The van der Waals surface area contributed by atoms with Crippen LogP contribution < -0.4 is 0 Å². The SMILES string of the molecule is COC(=O)CC(O)C(O)c1cnc(C(F)(F)F)nc1. The number of aliphatic hydroxyl groups excluding tert-OH is 2. The van der Waals surface area contributed by atoms with Crippen LogP contribution in [0.4, 0.5) is 13.2 Å². The van der Waals surface area contributed by atoms with Crippen LogP contribution in [-0.2, 0) is 15.7 Å². The van der Waals surface area contributed by atoms with Crippen molar-refractivity contribution in [1.82, 2.24) is 9.97 Å². The number of hydrogen-bond donors (Lipinski definition) is 2. The van der Waals surface area contributed by atoms with Crippen molar-refractivity contribution in [3.8, 4) is 0 Å². The molecule has 1 aromatic rings. The molecule has 0 aliphatic rings. The first kappa shape index (κ1) is 15.3. The van der Waals surface area contributed by atoms with Gasteiger partial charge >= 0.3 is 12.1 Å². The molecule has 106 valence electrons. The summed E-state index contributed by atoms with van der Waals surface area (Å²) < 4.78 is 40.9. The normalized spacial score (nSPS) is 14.8. The van der Waals surface area contributed by atoms with Crippen molar-refractivity contribution in [3.05, 3.63) is 23.8 Å². The number of rotatable bonds is 4. The van der Waals surface area contributed by atoms with E-state index in [1.54, 1.807) is 0 Å². The zero-order valence-corrected chi connectivity index (χ0v) is 9.76. The van der Waals surface area contributed by atoms with E-state index in [0.717, 1.165) is 19.5 Å². The van der Waals surface area contributed by atoms with E-state index in [9.17, 15) is 28.2 Å². The molecule has 0 amide bonds. The third kappa shape index (κ3) is 4.14. The number of carbonyl (C=O) groups excluding carboxylic acids is 1. The Labute approximate surface area is 105 Å². The summed E-state index contributed by atoms with van der Waals surface area (Å²) in [5, 5.41) is 19.1. The van der Waals surface area contributed by atoms with E-state index in [-0.39, 0.29) is 5.56 Å². The Morgan fingerprint density at radius 1 is 1.37 bits per heavy atom. The fourth-order valence-corrected chi connectivity index (χ4v) is 1.23. The molecule has 0 aliphatic carbocycles. The van der Waals surface area contributed by atoms with E-state index in [1.165, 1.54) is 0 Å². The summed E-state index contributed by atoms with van der Waals surface area (Å²) in [6.45, 7) is 0. The monoisotopic (exact) mass is 280 g/mol. The molecule has 0 aliphatic heterocycles. The molecule has 0 fully saturated rings. The summed E-state index contributed by atoms with van der Waals surface area (Å²) in [6, 6.07) is 0. The molecule has 1 rings (SSSR count). The Morgan fingerprint density at radius 2 is 1.89 bits per heavy atom. The fraction of sp³-hybridized carbons (Fsp3) is 0.500. The highest BCUT2D eigenvalue weighted by Gasteiger charge is 2.34. The first-order valence-electron chi connectivity index (χ1n) is 5.07. The van der Waals surface area contributed by atoms with Gasteiger partial charge in [-0.1, -0.05) is 0 Å². The minimum absolute atomic E-state index is 0.135. The predicted molar refractivity (Wildman–Crippen MR) is 54.6 cm³/mol. The van der Waals surface area contributed by atoms with E-state index in [2.05, 4.69) is 14.7 Å². The number of aliphatic hydroxyl groups is 2. The molecule has 19 heavy (non-hydrogen) atoms. The van der Waals surface area contributed by atoms with E-state index in [1.807, 2.05) is 0 Å². The van der Waals surface area contributed by atoms with Crippen LogP contribution in [0.15, 0.2) is 12.4 Å². The first-order chi connectivity index (χ1) is 8.75. The number of ether oxygens (including phenoxy) is 1. The number of aromatic nitrogens is 2. The van der Waals surface area contributed by atoms with E-state index < -0.39 is 36.6 Å². The highest BCUT2D eigenvalue weighted by molar-refractivity contribution is 5.69. The van der Waals surface area contributed by atoms with Crippen molar-refractivity contribution in [3.63, 3.8) is 0 Å². The number of methoxy groups -OCH3 is 1. The van der Waals surface area contributed by atoms with Gasteiger partial charge in [-0.25, -0.2) is 9.97 Å². The Kier molecular flexibility index (Phi) is 4.78. The summed E-state index contributed by atoms with van der Waals surface area (Å²) >= 11 is 0. The van der Waals surface area contributed by atoms with Crippen LogP contribution in [-0.4, -0.2) is 39.4 Å². The van der Waals surface area contributed by atoms with Crippen molar-refractivity contribution in [1.29, 1.82) is 0 Å². The Hall–Kier alpha value is -1.74. The van der Waals surface area contributed by atoms with Gasteiger partial charge in [-0.3, -0.25) is 4.79 Å². The van der Waals surface area contributed by atoms with Crippen molar-refractivity contribution in [2.75, 3.05) is 7.11 Å². The number of nitrogens with zero attached hydrogens (tertiary/aromatic N) is 2. The second kappa shape index (κ2) is 5.93. The zero-order chi connectivity index (χ0) is 14.6. The molecule has 2 unspecified atom stereocenters. The van der Waals surface area contributed by atoms with E-state index in [4.69, 9.17) is 0 Å². The highest BCUT2D eigenvalue weighted by Crippen LogP contribution is 2.26. The van der Waals surface area contributed by atoms with Crippen LogP contribution >= 0.6 is 0 Å². The molecule has 2 N–H and O–H groups in total. The van der Waals surface area contributed by atoms with Gasteiger partial charge in [0.2, 0.25) is 5.82 Å². The van der Waals surface area contributed by atoms with Gasteiger partial charge in [0.25, 0.3) is 0 Å².